The lowest BCUT2D eigenvalue weighted by atomic mass is 10.1. The number of carbonyl (C=O) groups is 2. The van der Waals surface area contributed by atoms with Gasteiger partial charge in [0.15, 0.2) is 5.78 Å². The van der Waals surface area contributed by atoms with Gasteiger partial charge in [0.05, 0.1) is 9.77 Å². The maximum absolute atomic E-state index is 12.3. The average Bonchev–Trinajstić information content (AvgIpc) is 3.04. The Morgan fingerprint density at radius 2 is 1.77 bits per heavy atom. The SMILES string of the molecule is Cc1ccc(C(=O)CCC(=O)NCc2ccccc2S(=O)(=O)N(C)C)s1. The van der Waals surface area contributed by atoms with Gasteiger partial charge in [-0.1, -0.05) is 18.2 Å². The number of hydrogen-bond donors (Lipinski definition) is 1. The van der Waals surface area contributed by atoms with E-state index < -0.39 is 10.0 Å². The Labute approximate surface area is 157 Å². The van der Waals surface area contributed by atoms with Gasteiger partial charge in [-0.25, -0.2) is 12.7 Å². The number of carbonyl (C=O) groups excluding carboxylic acids is 2. The Bertz CT molecular complexity index is 901. The molecule has 1 aromatic carbocycles. The third-order valence-corrected chi connectivity index (χ3v) is 6.76. The standard InChI is InChI=1S/C18H22N2O4S2/c1-13-8-10-16(25-13)15(21)9-11-18(22)19-12-14-6-4-5-7-17(14)26(23,24)20(2)3/h4-8,10H,9,11-12H2,1-3H3,(H,19,22). The molecule has 0 radical (unpaired) electrons. The molecule has 26 heavy (non-hydrogen) atoms. The second-order valence-electron chi connectivity index (χ2n) is 6.01. The van der Waals surface area contributed by atoms with Gasteiger partial charge in [0.2, 0.25) is 15.9 Å². The molecule has 140 valence electrons. The lowest BCUT2D eigenvalue weighted by Gasteiger charge is -2.15. The molecular weight excluding hydrogens is 372 g/mol. The minimum atomic E-state index is -3.59. The van der Waals surface area contributed by atoms with Gasteiger partial charge in [-0.15, -0.1) is 11.3 Å². The van der Waals surface area contributed by atoms with Crippen LogP contribution in [0.1, 0.15) is 33.0 Å². The van der Waals surface area contributed by atoms with E-state index in [0.29, 0.717) is 10.4 Å². The summed E-state index contributed by atoms with van der Waals surface area (Å²) >= 11 is 1.41. The highest BCUT2D eigenvalue weighted by Crippen LogP contribution is 2.19. The number of thiophene rings is 1. The number of ketones is 1. The molecule has 6 nitrogen and oxygen atoms in total. The predicted octanol–water partition coefficient (Wildman–Crippen LogP) is 2.59. The van der Waals surface area contributed by atoms with Crippen molar-refractivity contribution in [2.45, 2.75) is 31.2 Å². The maximum atomic E-state index is 12.3. The number of hydrogen-bond acceptors (Lipinski definition) is 5. The van der Waals surface area contributed by atoms with E-state index in [2.05, 4.69) is 5.32 Å². The molecule has 8 heteroatoms. The molecule has 0 aliphatic carbocycles. The highest BCUT2D eigenvalue weighted by Gasteiger charge is 2.21. The molecule has 0 saturated carbocycles. The van der Waals surface area contributed by atoms with E-state index in [9.17, 15) is 18.0 Å². The van der Waals surface area contributed by atoms with Gasteiger partial charge in [0.1, 0.15) is 0 Å². The summed E-state index contributed by atoms with van der Waals surface area (Å²) in [5.74, 6) is -0.350. The zero-order valence-corrected chi connectivity index (χ0v) is 16.6. The van der Waals surface area contributed by atoms with Crippen LogP contribution in [0.3, 0.4) is 0 Å². The van der Waals surface area contributed by atoms with Crippen LogP contribution in [0.15, 0.2) is 41.3 Å². The second-order valence-corrected chi connectivity index (χ2v) is 9.41. The molecule has 1 heterocycles. The first-order valence-corrected chi connectivity index (χ1v) is 10.3. The summed E-state index contributed by atoms with van der Waals surface area (Å²) in [4.78, 5) is 25.9. The summed E-state index contributed by atoms with van der Waals surface area (Å²) in [7, 11) is -0.664. The third-order valence-electron chi connectivity index (χ3n) is 3.80. The van der Waals surface area contributed by atoms with Gasteiger partial charge in [-0.2, -0.15) is 0 Å². The molecule has 0 atom stereocenters. The van der Waals surface area contributed by atoms with Crippen LogP contribution in [0.5, 0.6) is 0 Å². The number of nitrogens with one attached hydrogen (secondary N) is 1. The molecule has 0 fully saturated rings. The van der Waals surface area contributed by atoms with Crippen molar-refractivity contribution < 1.29 is 18.0 Å². The first-order chi connectivity index (χ1) is 12.2. The van der Waals surface area contributed by atoms with Crippen molar-refractivity contribution in [1.29, 1.82) is 0 Å². The third kappa shape index (κ3) is 5.00. The Kier molecular flexibility index (Phi) is 6.69. The number of aryl methyl sites for hydroxylation is 1. The highest BCUT2D eigenvalue weighted by atomic mass is 32.2. The van der Waals surface area contributed by atoms with Crippen molar-refractivity contribution in [3.05, 3.63) is 51.7 Å². The van der Waals surface area contributed by atoms with E-state index in [1.807, 2.05) is 13.0 Å². The largest absolute Gasteiger partial charge is 0.352 e. The molecule has 2 aromatic rings. The van der Waals surface area contributed by atoms with Crippen LogP contribution >= 0.6 is 11.3 Å². The maximum Gasteiger partial charge on any atom is 0.242 e. The minimum Gasteiger partial charge on any atom is -0.352 e. The fraction of sp³-hybridized carbons (Fsp3) is 0.333. The Morgan fingerprint density at radius 1 is 1.08 bits per heavy atom. The van der Waals surface area contributed by atoms with Gasteiger partial charge in [0, 0.05) is 38.4 Å². The summed E-state index contributed by atoms with van der Waals surface area (Å²) < 4.78 is 25.8. The van der Waals surface area contributed by atoms with E-state index in [1.165, 1.54) is 31.5 Å². The van der Waals surface area contributed by atoms with Gasteiger partial charge < -0.3 is 5.32 Å². The van der Waals surface area contributed by atoms with E-state index in [0.717, 1.165) is 9.18 Å². The van der Waals surface area contributed by atoms with Crippen LogP contribution in [0, 0.1) is 6.92 Å². The Morgan fingerprint density at radius 3 is 2.38 bits per heavy atom. The smallest absolute Gasteiger partial charge is 0.242 e. The van der Waals surface area contributed by atoms with E-state index >= 15 is 0 Å². The molecule has 0 aliphatic rings. The summed E-state index contributed by atoms with van der Waals surface area (Å²) in [6.07, 6.45) is 0.196. The molecule has 0 bridgehead atoms. The lowest BCUT2D eigenvalue weighted by molar-refractivity contribution is -0.121. The van der Waals surface area contributed by atoms with Crippen molar-refractivity contribution in [1.82, 2.24) is 9.62 Å². The summed E-state index contributed by atoms with van der Waals surface area (Å²) in [6, 6.07) is 10.2. The van der Waals surface area contributed by atoms with E-state index in [-0.39, 0.29) is 36.0 Å². The van der Waals surface area contributed by atoms with Crippen molar-refractivity contribution in [3.8, 4) is 0 Å². The van der Waals surface area contributed by atoms with E-state index in [1.54, 1.807) is 24.3 Å². The van der Waals surface area contributed by atoms with Gasteiger partial charge in [-0.05, 0) is 30.7 Å². The molecular formula is C18H22N2O4S2. The normalized spacial score (nSPS) is 11.5. The van der Waals surface area contributed by atoms with Crippen molar-refractivity contribution in [3.63, 3.8) is 0 Å². The first-order valence-electron chi connectivity index (χ1n) is 8.08. The van der Waals surface area contributed by atoms with Crippen LogP contribution in [0.25, 0.3) is 0 Å². The van der Waals surface area contributed by atoms with Crippen molar-refractivity contribution in [2.75, 3.05) is 14.1 Å². The van der Waals surface area contributed by atoms with Crippen LogP contribution in [0.4, 0.5) is 0 Å². The first kappa shape index (κ1) is 20.3. The van der Waals surface area contributed by atoms with Gasteiger partial charge >= 0.3 is 0 Å². The predicted molar refractivity (Wildman–Crippen MR) is 102 cm³/mol. The van der Waals surface area contributed by atoms with Crippen LogP contribution in [-0.2, 0) is 21.4 Å². The fourth-order valence-corrected chi connectivity index (χ4v) is 4.27. The monoisotopic (exact) mass is 394 g/mol. The molecule has 0 aliphatic heterocycles. The molecule has 0 saturated heterocycles. The van der Waals surface area contributed by atoms with Crippen molar-refractivity contribution in [2.24, 2.45) is 0 Å². The van der Waals surface area contributed by atoms with Crippen LogP contribution in [0.2, 0.25) is 0 Å². The number of Topliss-reactive ketones (excluding diaryl/α,β-unsaturated/α-hetero) is 1. The molecule has 0 spiro atoms. The summed E-state index contributed by atoms with van der Waals surface area (Å²) in [5, 5.41) is 2.69. The summed E-state index contributed by atoms with van der Waals surface area (Å²) in [6.45, 7) is 2.02. The zero-order chi connectivity index (χ0) is 19.3. The van der Waals surface area contributed by atoms with Crippen LogP contribution in [-0.4, -0.2) is 38.5 Å². The lowest BCUT2D eigenvalue weighted by Crippen LogP contribution is -2.27. The summed E-state index contributed by atoms with van der Waals surface area (Å²) in [5.41, 5.74) is 0.509. The minimum absolute atomic E-state index is 0.0613. The number of rotatable bonds is 8. The topological polar surface area (TPSA) is 83.5 Å². The molecule has 0 unspecified atom stereocenters. The average molecular weight is 395 g/mol. The number of sulfonamides is 1. The number of nitrogens with zero attached hydrogens (tertiary/aromatic N) is 1. The zero-order valence-electron chi connectivity index (χ0n) is 15.0. The fourth-order valence-electron chi connectivity index (χ4n) is 2.32. The molecule has 1 aromatic heterocycles. The molecule has 2 rings (SSSR count). The quantitative estimate of drug-likeness (QED) is 0.698. The van der Waals surface area contributed by atoms with Gasteiger partial charge in [-0.3, -0.25) is 9.59 Å². The van der Waals surface area contributed by atoms with Crippen molar-refractivity contribution >= 4 is 33.1 Å². The second kappa shape index (κ2) is 8.57. The highest BCUT2D eigenvalue weighted by molar-refractivity contribution is 7.89. The number of benzene rings is 1. The van der Waals surface area contributed by atoms with Crippen LogP contribution < -0.4 is 5.32 Å². The Hall–Kier alpha value is -2.03. The van der Waals surface area contributed by atoms with Gasteiger partial charge in [0.25, 0.3) is 0 Å². The Balaban J connectivity index is 1.95. The molecule has 1 amide bonds. The van der Waals surface area contributed by atoms with E-state index in [4.69, 9.17) is 0 Å². The number of amides is 1. The molecule has 1 N–H and O–H groups in total.